The van der Waals surface area contributed by atoms with Gasteiger partial charge in [0.25, 0.3) is 0 Å². The molecule has 1 aromatic heterocycles. The van der Waals surface area contributed by atoms with Crippen LogP contribution in [0.1, 0.15) is 44.0 Å². The second-order valence-corrected chi connectivity index (χ2v) is 5.69. The van der Waals surface area contributed by atoms with Gasteiger partial charge in [-0.3, -0.25) is 4.79 Å². The summed E-state index contributed by atoms with van der Waals surface area (Å²) in [6.07, 6.45) is 5.97. The highest BCUT2D eigenvalue weighted by Crippen LogP contribution is 2.29. The van der Waals surface area contributed by atoms with Gasteiger partial charge in [-0.15, -0.1) is 0 Å². The van der Waals surface area contributed by atoms with Crippen LogP contribution in [0.3, 0.4) is 0 Å². The van der Waals surface area contributed by atoms with Gasteiger partial charge in [0.1, 0.15) is 11.6 Å². The van der Waals surface area contributed by atoms with Gasteiger partial charge in [0, 0.05) is 38.2 Å². The molecule has 3 heteroatoms. The summed E-state index contributed by atoms with van der Waals surface area (Å²) in [5.41, 5.74) is 1.14. The number of carbonyl (C=O) groups excluding carboxylic acids is 1. The van der Waals surface area contributed by atoms with E-state index in [0.717, 1.165) is 17.8 Å². The summed E-state index contributed by atoms with van der Waals surface area (Å²) in [7, 11) is 1.97. The Balaban J connectivity index is 2.10. The van der Waals surface area contributed by atoms with E-state index in [1.807, 2.05) is 36.0 Å². The van der Waals surface area contributed by atoms with Gasteiger partial charge in [-0.1, -0.05) is 50.6 Å². The Morgan fingerprint density at radius 1 is 1.29 bits per heavy atom. The van der Waals surface area contributed by atoms with Crippen LogP contribution in [0.4, 0.5) is 0 Å². The molecule has 0 N–H and O–H groups in total. The molecule has 0 bridgehead atoms. The molecule has 0 saturated heterocycles. The first-order chi connectivity index (χ1) is 10.1. The van der Waals surface area contributed by atoms with Gasteiger partial charge in [-0.05, 0) is 11.5 Å². The summed E-state index contributed by atoms with van der Waals surface area (Å²) in [4.78, 5) is 17.0. The SMILES string of the molecule is CCC(C)C(C(=O)CCc1nccn1C)c1ccccc1. The van der Waals surface area contributed by atoms with E-state index in [9.17, 15) is 4.79 Å². The molecule has 2 aromatic rings. The molecule has 0 radical (unpaired) electrons. The number of benzene rings is 1. The molecule has 0 spiro atoms. The van der Waals surface area contributed by atoms with Gasteiger partial charge in [0.05, 0.1) is 0 Å². The molecule has 2 rings (SSSR count). The molecule has 1 aromatic carbocycles. The summed E-state index contributed by atoms with van der Waals surface area (Å²) < 4.78 is 1.98. The lowest BCUT2D eigenvalue weighted by molar-refractivity contribution is -0.121. The van der Waals surface area contributed by atoms with Crippen LogP contribution in [0.25, 0.3) is 0 Å². The van der Waals surface area contributed by atoms with Crippen LogP contribution in [0.5, 0.6) is 0 Å². The molecule has 3 nitrogen and oxygen atoms in total. The van der Waals surface area contributed by atoms with E-state index in [-0.39, 0.29) is 5.92 Å². The first kappa shape index (κ1) is 15.5. The molecular formula is C18H24N2O. The minimum absolute atomic E-state index is 0.00327. The third kappa shape index (κ3) is 3.81. The van der Waals surface area contributed by atoms with Crippen LogP contribution in [0.15, 0.2) is 42.7 Å². The number of hydrogen-bond donors (Lipinski definition) is 0. The lowest BCUT2D eigenvalue weighted by Crippen LogP contribution is -2.20. The van der Waals surface area contributed by atoms with Gasteiger partial charge < -0.3 is 4.57 Å². The Hall–Kier alpha value is -1.90. The van der Waals surface area contributed by atoms with E-state index >= 15 is 0 Å². The van der Waals surface area contributed by atoms with Crippen molar-refractivity contribution in [1.82, 2.24) is 9.55 Å². The third-order valence-electron chi connectivity index (χ3n) is 4.23. The first-order valence-electron chi connectivity index (χ1n) is 7.67. The zero-order chi connectivity index (χ0) is 15.2. The van der Waals surface area contributed by atoms with E-state index in [1.165, 1.54) is 0 Å². The highest BCUT2D eigenvalue weighted by Gasteiger charge is 2.25. The average molecular weight is 284 g/mol. The van der Waals surface area contributed by atoms with Gasteiger partial charge in [0.15, 0.2) is 0 Å². The molecule has 112 valence electrons. The Bertz CT molecular complexity index is 574. The Kier molecular flexibility index (Phi) is 5.32. The second kappa shape index (κ2) is 7.21. The quantitative estimate of drug-likeness (QED) is 0.776. The fraction of sp³-hybridized carbons (Fsp3) is 0.444. The molecular weight excluding hydrogens is 260 g/mol. The van der Waals surface area contributed by atoms with Crippen molar-refractivity contribution in [2.24, 2.45) is 13.0 Å². The van der Waals surface area contributed by atoms with Crippen molar-refractivity contribution in [1.29, 1.82) is 0 Å². The summed E-state index contributed by atoms with van der Waals surface area (Å²) >= 11 is 0. The molecule has 2 atom stereocenters. The number of nitrogens with zero attached hydrogens (tertiary/aromatic N) is 2. The largest absolute Gasteiger partial charge is 0.338 e. The zero-order valence-electron chi connectivity index (χ0n) is 13.1. The van der Waals surface area contributed by atoms with Crippen LogP contribution in [-0.2, 0) is 18.3 Å². The summed E-state index contributed by atoms with van der Waals surface area (Å²) in [5, 5.41) is 0. The number of Topliss-reactive ketones (excluding diaryl/α,β-unsaturated/α-hetero) is 1. The predicted molar refractivity (Wildman–Crippen MR) is 85.2 cm³/mol. The Morgan fingerprint density at radius 2 is 2.00 bits per heavy atom. The van der Waals surface area contributed by atoms with Crippen molar-refractivity contribution in [3.8, 4) is 0 Å². The molecule has 0 amide bonds. The van der Waals surface area contributed by atoms with Crippen molar-refractivity contribution in [2.75, 3.05) is 0 Å². The van der Waals surface area contributed by atoms with Crippen LogP contribution in [0.2, 0.25) is 0 Å². The maximum absolute atomic E-state index is 12.7. The normalized spacial score (nSPS) is 13.9. The highest BCUT2D eigenvalue weighted by atomic mass is 16.1. The highest BCUT2D eigenvalue weighted by molar-refractivity contribution is 5.86. The minimum Gasteiger partial charge on any atom is -0.338 e. The lowest BCUT2D eigenvalue weighted by atomic mass is 9.81. The topological polar surface area (TPSA) is 34.9 Å². The van der Waals surface area contributed by atoms with Crippen LogP contribution in [0, 0.1) is 5.92 Å². The van der Waals surface area contributed by atoms with Crippen molar-refractivity contribution in [2.45, 2.75) is 39.0 Å². The summed E-state index contributed by atoms with van der Waals surface area (Å²) in [6, 6.07) is 10.1. The number of aromatic nitrogens is 2. The molecule has 0 aliphatic heterocycles. The van der Waals surface area contributed by atoms with E-state index in [1.54, 1.807) is 6.20 Å². The van der Waals surface area contributed by atoms with Crippen LogP contribution in [-0.4, -0.2) is 15.3 Å². The average Bonchev–Trinajstić information content (AvgIpc) is 2.91. The second-order valence-electron chi connectivity index (χ2n) is 5.69. The fourth-order valence-electron chi connectivity index (χ4n) is 2.76. The van der Waals surface area contributed by atoms with Crippen molar-refractivity contribution >= 4 is 5.78 Å². The predicted octanol–water partition coefficient (Wildman–Crippen LogP) is 3.75. The van der Waals surface area contributed by atoms with Crippen LogP contribution >= 0.6 is 0 Å². The van der Waals surface area contributed by atoms with Crippen molar-refractivity contribution in [3.05, 3.63) is 54.1 Å². The maximum Gasteiger partial charge on any atom is 0.141 e. The number of rotatable bonds is 7. The number of ketones is 1. The molecule has 0 aliphatic carbocycles. The standard InChI is InChI=1S/C18H24N2O/c1-4-14(2)18(15-8-6-5-7-9-15)16(21)10-11-17-19-12-13-20(17)3/h5-9,12-14,18H,4,10-11H2,1-3H3. The molecule has 0 fully saturated rings. The molecule has 1 heterocycles. The monoisotopic (exact) mass is 284 g/mol. The molecule has 21 heavy (non-hydrogen) atoms. The number of hydrogen-bond acceptors (Lipinski definition) is 2. The summed E-state index contributed by atoms with van der Waals surface area (Å²) in [5.74, 6) is 1.65. The van der Waals surface area contributed by atoms with Gasteiger partial charge >= 0.3 is 0 Å². The number of imidazole rings is 1. The van der Waals surface area contributed by atoms with E-state index in [4.69, 9.17) is 0 Å². The maximum atomic E-state index is 12.7. The Labute approximate surface area is 127 Å². The summed E-state index contributed by atoms with van der Waals surface area (Å²) in [6.45, 7) is 4.31. The van der Waals surface area contributed by atoms with Crippen molar-refractivity contribution < 1.29 is 4.79 Å². The van der Waals surface area contributed by atoms with E-state index in [2.05, 4.69) is 31.0 Å². The lowest BCUT2D eigenvalue weighted by Gasteiger charge is -2.22. The molecule has 0 aliphatic rings. The third-order valence-corrected chi connectivity index (χ3v) is 4.23. The zero-order valence-corrected chi connectivity index (χ0v) is 13.1. The van der Waals surface area contributed by atoms with Crippen molar-refractivity contribution in [3.63, 3.8) is 0 Å². The minimum atomic E-state index is -0.00327. The van der Waals surface area contributed by atoms with E-state index in [0.29, 0.717) is 24.5 Å². The van der Waals surface area contributed by atoms with Gasteiger partial charge in [-0.2, -0.15) is 0 Å². The van der Waals surface area contributed by atoms with E-state index < -0.39 is 0 Å². The first-order valence-corrected chi connectivity index (χ1v) is 7.67. The number of carbonyl (C=O) groups is 1. The molecule has 2 unspecified atom stereocenters. The number of aryl methyl sites for hydroxylation is 2. The van der Waals surface area contributed by atoms with Gasteiger partial charge in [-0.25, -0.2) is 4.98 Å². The molecule has 0 saturated carbocycles. The fourth-order valence-corrected chi connectivity index (χ4v) is 2.76. The smallest absolute Gasteiger partial charge is 0.141 e. The Morgan fingerprint density at radius 3 is 2.57 bits per heavy atom. The van der Waals surface area contributed by atoms with Gasteiger partial charge in [0.2, 0.25) is 0 Å². The van der Waals surface area contributed by atoms with Crippen LogP contribution < -0.4 is 0 Å².